The zero-order valence-corrected chi connectivity index (χ0v) is 10.9. The molecular formula is C13H24N2O2. The van der Waals surface area contributed by atoms with Crippen molar-refractivity contribution in [1.82, 2.24) is 10.2 Å². The van der Waals surface area contributed by atoms with Gasteiger partial charge in [0.25, 0.3) is 0 Å². The maximum Gasteiger partial charge on any atom is 0.322 e. The lowest BCUT2D eigenvalue weighted by atomic mass is 10.1. The van der Waals surface area contributed by atoms with Crippen molar-refractivity contribution in [2.24, 2.45) is 5.92 Å². The summed E-state index contributed by atoms with van der Waals surface area (Å²) in [5.41, 5.74) is 0. The molecule has 0 bridgehead atoms. The molecule has 1 aliphatic heterocycles. The van der Waals surface area contributed by atoms with E-state index in [0.717, 1.165) is 25.6 Å². The third-order valence-electron chi connectivity index (χ3n) is 3.90. The second-order valence-corrected chi connectivity index (χ2v) is 5.39. The summed E-state index contributed by atoms with van der Waals surface area (Å²) in [6.45, 7) is 5.11. The minimum Gasteiger partial charge on any atom is -0.468 e. The summed E-state index contributed by atoms with van der Waals surface area (Å²) in [6.07, 6.45) is 5.13. The van der Waals surface area contributed by atoms with E-state index in [2.05, 4.69) is 10.2 Å². The van der Waals surface area contributed by atoms with E-state index in [1.165, 1.54) is 32.8 Å². The van der Waals surface area contributed by atoms with Crippen LogP contribution in [0.1, 0.15) is 32.6 Å². The number of nitrogens with zero attached hydrogens (tertiary/aromatic N) is 1. The van der Waals surface area contributed by atoms with Gasteiger partial charge in [-0.2, -0.15) is 0 Å². The minimum atomic E-state index is -0.108. The van der Waals surface area contributed by atoms with Gasteiger partial charge in [0.2, 0.25) is 0 Å². The number of ether oxygens (including phenoxy) is 1. The van der Waals surface area contributed by atoms with Gasteiger partial charge >= 0.3 is 5.97 Å². The lowest BCUT2D eigenvalue weighted by Crippen LogP contribution is -2.46. The molecule has 1 heterocycles. The fourth-order valence-corrected chi connectivity index (χ4v) is 2.54. The number of esters is 1. The van der Waals surface area contributed by atoms with Crippen LogP contribution in [0.25, 0.3) is 0 Å². The van der Waals surface area contributed by atoms with Crippen LogP contribution >= 0.6 is 0 Å². The van der Waals surface area contributed by atoms with Gasteiger partial charge in [-0.15, -0.1) is 0 Å². The molecule has 2 aliphatic rings. The highest BCUT2D eigenvalue weighted by Gasteiger charge is 2.31. The molecule has 0 spiro atoms. The maximum atomic E-state index is 11.6. The van der Waals surface area contributed by atoms with Crippen LogP contribution in [0.4, 0.5) is 0 Å². The topological polar surface area (TPSA) is 41.6 Å². The van der Waals surface area contributed by atoms with Crippen molar-refractivity contribution in [2.75, 3.05) is 26.7 Å². The Morgan fingerprint density at radius 1 is 1.41 bits per heavy atom. The van der Waals surface area contributed by atoms with E-state index in [-0.39, 0.29) is 12.0 Å². The zero-order chi connectivity index (χ0) is 12.3. The van der Waals surface area contributed by atoms with Gasteiger partial charge < -0.3 is 10.1 Å². The summed E-state index contributed by atoms with van der Waals surface area (Å²) in [4.78, 5) is 13.9. The van der Waals surface area contributed by atoms with Gasteiger partial charge in [-0.05, 0) is 45.1 Å². The second-order valence-electron chi connectivity index (χ2n) is 5.39. The molecule has 1 saturated carbocycles. The van der Waals surface area contributed by atoms with Crippen LogP contribution < -0.4 is 5.32 Å². The average molecular weight is 240 g/mol. The van der Waals surface area contributed by atoms with Crippen molar-refractivity contribution < 1.29 is 9.53 Å². The van der Waals surface area contributed by atoms with E-state index < -0.39 is 0 Å². The molecule has 0 aromatic heterocycles. The number of rotatable bonds is 6. The van der Waals surface area contributed by atoms with Crippen molar-refractivity contribution >= 4 is 5.97 Å². The van der Waals surface area contributed by atoms with Gasteiger partial charge in [-0.25, -0.2) is 0 Å². The Labute approximate surface area is 104 Å². The van der Waals surface area contributed by atoms with Gasteiger partial charge in [-0.3, -0.25) is 9.69 Å². The van der Waals surface area contributed by atoms with Crippen LogP contribution in [0.2, 0.25) is 0 Å². The molecule has 0 amide bonds. The van der Waals surface area contributed by atoms with E-state index in [4.69, 9.17) is 4.74 Å². The molecule has 4 nitrogen and oxygen atoms in total. The Bertz CT molecular complexity index is 260. The molecule has 2 fully saturated rings. The molecule has 1 aliphatic carbocycles. The van der Waals surface area contributed by atoms with Gasteiger partial charge in [0.05, 0.1) is 7.11 Å². The predicted molar refractivity (Wildman–Crippen MR) is 66.8 cm³/mol. The highest BCUT2D eigenvalue weighted by molar-refractivity contribution is 5.75. The van der Waals surface area contributed by atoms with E-state index in [0.29, 0.717) is 6.04 Å². The first-order valence-corrected chi connectivity index (χ1v) is 6.76. The molecule has 0 aromatic rings. The first kappa shape index (κ1) is 12.8. The number of carbonyl (C=O) groups is 1. The number of nitrogens with one attached hydrogen (secondary N) is 1. The molecule has 4 heteroatoms. The number of methoxy groups -OCH3 is 1. The van der Waals surface area contributed by atoms with Gasteiger partial charge in [0, 0.05) is 19.1 Å². The fourth-order valence-electron chi connectivity index (χ4n) is 2.54. The molecule has 17 heavy (non-hydrogen) atoms. The van der Waals surface area contributed by atoms with Crippen LogP contribution in [-0.4, -0.2) is 49.7 Å². The van der Waals surface area contributed by atoms with E-state index in [1.807, 2.05) is 6.92 Å². The average Bonchev–Trinajstić information content (AvgIpc) is 3.00. The Kier molecular flexibility index (Phi) is 4.40. The Balaban J connectivity index is 1.88. The summed E-state index contributed by atoms with van der Waals surface area (Å²) in [5, 5.41) is 3.50. The molecule has 1 N–H and O–H groups in total. The smallest absolute Gasteiger partial charge is 0.322 e. The lowest BCUT2D eigenvalue weighted by molar-refractivity contribution is -0.146. The zero-order valence-electron chi connectivity index (χ0n) is 10.9. The summed E-state index contributed by atoms with van der Waals surface area (Å²) >= 11 is 0. The predicted octanol–water partition coefficient (Wildman–Crippen LogP) is 1.01. The highest BCUT2D eigenvalue weighted by Crippen LogP contribution is 2.30. The van der Waals surface area contributed by atoms with Crippen molar-refractivity contribution in [2.45, 2.75) is 44.7 Å². The first-order valence-electron chi connectivity index (χ1n) is 6.76. The Morgan fingerprint density at radius 2 is 2.18 bits per heavy atom. The third-order valence-corrected chi connectivity index (χ3v) is 3.90. The standard InChI is InChI=1S/C13H24N2O2/c1-10(13(16)17-2)15(8-11-5-6-11)9-12-4-3-7-14-12/h10-12,14H,3-9H2,1-2H3. The van der Waals surface area contributed by atoms with Crippen LogP contribution in [0.15, 0.2) is 0 Å². The van der Waals surface area contributed by atoms with Gasteiger partial charge in [0.1, 0.15) is 6.04 Å². The molecule has 98 valence electrons. The quantitative estimate of drug-likeness (QED) is 0.704. The van der Waals surface area contributed by atoms with Gasteiger partial charge in [-0.1, -0.05) is 0 Å². The van der Waals surface area contributed by atoms with Crippen LogP contribution in [0, 0.1) is 5.92 Å². The van der Waals surface area contributed by atoms with Crippen LogP contribution in [0.3, 0.4) is 0 Å². The van der Waals surface area contributed by atoms with Crippen molar-refractivity contribution in [3.63, 3.8) is 0 Å². The van der Waals surface area contributed by atoms with Crippen LogP contribution in [-0.2, 0) is 9.53 Å². The Morgan fingerprint density at radius 3 is 2.71 bits per heavy atom. The highest BCUT2D eigenvalue weighted by atomic mass is 16.5. The molecule has 2 unspecified atom stereocenters. The molecule has 0 radical (unpaired) electrons. The first-order chi connectivity index (χ1) is 8.20. The second kappa shape index (κ2) is 5.83. The summed E-state index contributed by atoms with van der Waals surface area (Å²) < 4.78 is 4.86. The van der Waals surface area contributed by atoms with Crippen molar-refractivity contribution in [3.05, 3.63) is 0 Å². The van der Waals surface area contributed by atoms with Gasteiger partial charge in [0.15, 0.2) is 0 Å². The molecule has 2 rings (SSSR count). The summed E-state index contributed by atoms with van der Waals surface area (Å²) in [5.74, 6) is 0.701. The van der Waals surface area contributed by atoms with Crippen molar-refractivity contribution in [3.8, 4) is 0 Å². The van der Waals surface area contributed by atoms with Crippen LogP contribution in [0.5, 0.6) is 0 Å². The third kappa shape index (κ3) is 3.68. The summed E-state index contributed by atoms with van der Waals surface area (Å²) in [6, 6.07) is 0.448. The fraction of sp³-hybridized carbons (Fsp3) is 0.923. The minimum absolute atomic E-state index is 0.108. The number of hydrogen-bond donors (Lipinski definition) is 1. The maximum absolute atomic E-state index is 11.6. The van der Waals surface area contributed by atoms with E-state index >= 15 is 0 Å². The van der Waals surface area contributed by atoms with Crippen molar-refractivity contribution in [1.29, 1.82) is 0 Å². The van der Waals surface area contributed by atoms with E-state index in [9.17, 15) is 4.79 Å². The monoisotopic (exact) mass is 240 g/mol. The SMILES string of the molecule is COC(=O)C(C)N(CC1CC1)CC1CCCN1. The molecule has 0 aromatic carbocycles. The number of carbonyl (C=O) groups excluding carboxylic acids is 1. The lowest BCUT2D eigenvalue weighted by Gasteiger charge is -2.29. The summed E-state index contributed by atoms with van der Waals surface area (Å²) in [7, 11) is 1.47. The molecule has 2 atom stereocenters. The Hall–Kier alpha value is -0.610. The molecular weight excluding hydrogens is 216 g/mol. The van der Waals surface area contributed by atoms with E-state index in [1.54, 1.807) is 0 Å². The number of hydrogen-bond acceptors (Lipinski definition) is 4. The molecule has 1 saturated heterocycles. The largest absolute Gasteiger partial charge is 0.468 e. The normalized spacial score (nSPS) is 26.2.